The Kier molecular flexibility index (Phi) is 7.24. The Morgan fingerprint density at radius 1 is 1.26 bits per heavy atom. The van der Waals surface area contributed by atoms with Crippen molar-refractivity contribution in [2.75, 3.05) is 20.3 Å². The number of amides is 1. The van der Waals surface area contributed by atoms with Crippen molar-refractivity contribution in [3.05, 3.63) is 27.8 Å². The van der Waals surface area contributed by atoms with E-state index >= 15 is 0 Å². The molecular formula is C13H16INO4. The van der Waals surface area contributed by atoms with Crippen LogP contribution in [0.1, 0.15) is 12.8 Å². The smallest absolute Gasteiger partial charge is 0.305 e. The lowest BCUT2D eigenvalue weighted by Gasteiger charge is -2.07. The van der Waals surface area contributed by atoms with E-state index in [0.717, 1.165) is 3.57 Å². The van der Waals surface area contributed by atoms with Crippen molar-refractivity contribution >= 4 is 34.5 Å². The summed E-state index contributed by atoms with van der Waals surface area (Å²) in [6.45, 7) is 0.406. The third-order valence-corrected chi connectivity index (χ3v) is 3.01. The van der Waals surface area contributed by atoms with Crippen molar-refractivity contribution in [3.8, 4) is 5.75 Å². The molecular weight excluding hydrogens is 361 g/mol. The monoisotopic (exact) mass is 377 g/mol. The quantitative estimate of drug-likeness (QED) is 0.447. The molecule has 1 aromatic rings. The van der Waals surface area contributed by atoms with Crippen LogP contribution in [0.25, 0.3) is 0 Å². The maximum absolute atomic E-state index is 11.4. The molecule has 5 nitrogen and oxygen atoms in total. The number of halogens is 1. The minimum Gasteiger partial charge on any atom is -0.484 e. The van der Waals surface area contributed by atoms with E-state index in [-0.39, 0.29) is 18.5 Å². The molecule has 0 bridgehead atoms. The van der Waals surface area contributed by atoms with Gasteiger partial charge in [0.05, 0.1) is 7.11 Å². The van der Waals surface area contributed by atoms with Crippen LogP contribution in [0, 0.1) is 3.57 Å². The molecule has 0 atom stereocenters. The highest BCUT2D eigenvalue weighted by molar-refractivity contribution is 14.1. The van der Waals surface area contributed by atoms with Crippen LogP contribution in [0.2, 0.25) is 0 Å². The van der Waals surface area contributed by atoms with E-state index in [2.05, 4.69) is 32.6 Å². The Labute approximate surface area is 125 Å². The Hall–Kier alpha value is -1.31. The molecule has 0 aliphatic carbocycles. The zero-order chi connectivity index (χ0) is 14.1. The van der Waals surface area contributed by atoms with Crippen LogP contribution >= 0.6 is 22.6 Å². The molecule has 0 heterocycles. The SMILES string of the molecule is COC(=O)CCCNC(=O)COc1ccc(I)cc1. The van der Waals surface area contributed by atoms with Crippen LogP contribution in [0.15, 0.2) is 24.3 Å². The first kappa shape index (κ1) is 15.7. The number of hydrogen-bond acceptors (Lipinski definition) is 4. The first-order valence-corrected chi connectivity index (χ1v) is 6.91. The lowest BCUT2D eigenvalue weighted by molar-refractivity contribution is -0.140. The number of hydrogen-bond donors (Lipinski definition) is 1. The van der Waals surface area contributed by atoms with E-state index in [1.807, 2.05) is 24.3 Å². The Morgan fingerprint density at radius 3 is 2.58 bits per heavy atom. The van der Waals surface area contributed by atoms with Gasteiger partial charge in [-0.3, -0.25) is 9.59 Å². The minimum atomic E-state index is -0.274. The van der Waals surface area contributed by atoms with Gasteiger partial charge >= 0.3 is 5.97 Å². The molecule has 0 fully saturated rings. The van der Waals surface area contributed by atoms with Gasteiger partial charge in [-0.25, -0.2) is 0 Å². The molecule has 0 radical (unpaired) electrons. The van der Waals surface area contributed by atoms with Gasteiger partial charge < -0.3 is 14.8 Å². The summed E-state index contributed by atoms with van der Waals surface area (Å²) in [7, 11) is 1.34. The van der Waals surface area contributed by atoms with Gasteiger partial charge in [0.15, 0.2) is 6.61 Å². The summed E-state index contributed by atoms with van der Waals surface area (Å²) >= 11 is 2.20. The highest BCUT2D eigenvalue weighted by atomic mass is 127. The predicted octanol–water partition coefficient (Wildman–Crippen LogP) is 1.74. The predicted molar refractivity (Wildman–Crippen MR) is 78.9 cm³/mol. The molecule has 0 spiro atoms. The average molecular weight is 377 g/mol. The molecule has 6 heteroatoms. The zero-order valence-electron chi connectivity index (χ0n) is 10.6. The fourth-order valence-corrected chi connectivity index (χ4v) is 1.65. The number of carbonyl (C=O) groups excluding carboxylic acids is 2. The third-order valence-electron chi connectivity index (χ3n) is 2.29. The highest BCUT2D eigenvalue weighted by Gasteiger charge is 2.04. The lowest BCUT2D eigenvalue weighted by Crippen LogP contribution is -2.30. The van der Waals surface area contributed by atoms with Crippen molar-refractivity contribution in [2.24, 2.45) is 0 Å². The molecule has 0 saturated heterocycles. The first-order valence-electron chi connectivity index (χ1n) is 5.83. The number of methoxy groups -OCH3 is 1. The summed E-state index contributed by atoms with van der Waals surface area (Å²) in [5.41, 5.74) is 0. The zero-order valence-corrected chi connectivity index (χ0v) is 12.8. The molecule has 1 N–H and O–H groups in total. The Balaban J connectivity index is 2.14. The molecule has 0 aliphatic heterocycles. The summed E-state index contributed by atoms with van der Waals surface area (Å²) in [5.74, 6) is 0.179. The van der Waals surface area contributed by atoms with E-state index in [1.54, 1.807) is 0 Å². The molecule has 0 aromatic heterocycles. The molecule has 1 aromatic carbocycles. The van der Waals surface area contributed by atoms with Gasteiger partial charge in [-0.1, -0.05) is 0 Å². The number of benzene rings is 1. The number of carbonyl (C=O) groups is 2. The van der Waals surface area contributed by atoms with Gasteiger partial charge in [0.2, 0.25) is 0 Å². The van der Waals surface area contributed by atoms with Crippen LogP contribution in [-0.4, -0.2) is 32.1 Å². The fraction of sp³-hybridized carbons (Fsp3) is 0.385. The van der Waals surface area contributed by atoms with Crippen LogP contribution in [0.5, 0.6) is 5.75 Å². The van der Waals surface area contributed by atoms with E-state index < -0.39 is 0 Å². The van der Waals surface area contributed by atoms with Crippen molar-refractivity contribution in [1.82, 2.24) is 5.32 Å². The molecule has 104 valence electrons. The number of nitrogens with one attached hydrogen (secondary N) is 1. The Bertz CT molecular complexity index is 419. The third kappa shape index (κ3) is 7.00. The minimum absolute atomic E-state index is 0.0290. The molecule has 1 amide bonds. The van der Waals surface area contributed by atoms with Gasteiger partial charge in [0.1, 0.15) is 5.75 Å². The fourth-order valence-electron chi connectivity index (χ4n) is 1.29. The number of rotatable bonds is 7. The van der Waals surface area contributed by atoms with E-state index in [4.69, 9.17) is 4.74 Å². The summed E-state index contributed by atoms with van der Waals surface area (Å²) in [5, 5.41) is 2.67. The number of esters is 1. The van der Waals surface area contributed by atoms with Gasteiger partial charge in [-0.05, 0) is 53.3 Å². The van der Waals surface area contributed by atoms with Gasteiger partial charge in [0, 0.05) is 16.5 Å². The summed E-state index contributed by atoms with van der Waals surface area (Å²) in [4.78, 5) is 22.3. The molecule has 0 aliphatic rings. The van der Waals surface area contributed by atoms with Crippen LogP contribution in [0.3, 0.4) is 0 Å². The van der Waals surface area contributed by atoms with E-state index in [0.29, 0.717) is 25.1 Å². The Morgan fingerprint density at radius 2 is 1.95 bits per heavy atom. The molecule has 1 rings (SSSR count). The van der Waals surface area contributed by atoms with Crippen molar-refractivity contribution in [3.63, 3.8) is 0 Å². The average Bonchev–Trinajstić information content (AvgIpc) is 2.42. The second-order valence-electron chi connectivity index (χ2n) is 3.77. The lowest BCUT2D eigenvalue weighted by atomic mass is 10.3. The van der Waals surface area contributed by atoms with Crippen molar-refractivity contribution in [1.29, 1.82) is 0 Å². The van der Waals surface area contributed by atoms with Gasteiger partial charge in [-0.2, -0.15) is 0 Å². The molecule has 0 saturated carbocycles. The molecule has 19 heavy (non-hydrogen) atoms. The first-order chi connectivity index (χ1) is 9.11. The van der Waals surface area contributed by atoms with E-state index in [9.17, 15) is 9.59 Å². The standard InChI is InChI=1S/C13H16INO4/c1-18-13(17)3-2-8-15-12(16)9-19-11-6-4-10(14)5-7-11/h4-7H,2-3,8-9H2,1H3,(H,15,16). The normalized spacial score (nSPS) is 9.79. The van der Waals surface area contributed by atoms with Crippen LogP contribution in [0.4, 0.5) is 0 Å². The second kappa shape index (κ2) is 8.73. The maximum atomic E-state index is 11.4. The summed E-state index contributed by atoms with van der Waals surface area (Å²) < 4.78 is 10.9. The second-order valence-corrected chi connectivity index (χ2v) is 5.02. The maximum Gasteiger partial charge on any atom is 0.305 e. The largest absolute Gasteiger partial charge is 0.484 e. The number of ether oxygens (including phenoxy) is 2. The van der Waals surface area contributed by atoms with Gasteiger partial charge in [0.25, 0.3) is 5.91 Å². The van der Waals surface area contributed by atoms with Crippen molar-refractivity contribution < 1.29 is 19.1 Å². The van der Waals surface area contributed by atoms with Crippen molar-refractivity contribution in [2.45, 2.75) is 12.8 Å². The highest BCUT2D eigenvalue weighted by Crippen LogP contribution is 2.13. The topological polar surface area (TPSA) is 64.6 Å². The van der Waals surface area contributed by atoms with Gasteiger partial charge in [-0.15, -0.1) is 0 Å². The van der Waals surface area contributed by atoms with Crippen LogP contribution < -0.4 is 10.1 Å². The summed E-state index contributed by atoms with van der Waals surface area (Å²) in [6, 6.07) is 7.44. The van der Waals surface area contributed by atoms with E-state index in [1.165, 1.54) is 7.11 Å². The molecule has 0 unspecified atom stereocenters. The summed E-state index contributed by atoms with van der Waals surface area (Å²) in [6.07, 6.45) is 0.858. The van der Waals surface area contributed by atoms with Crippen LogP contribution in [-0.2, 0) is 14.3 Å².